The van der Waals surface area contributed by atoms with Crippen LogP contribution in [0.4, 0.5) is 0 Å². The van der Waals surface area contributed by atoms with Gasteiger partial charge >= 0.3 is 0 Å². The minimum atomic E-state index is -0.146. The van der Waals surface area contributed by atoms with Gasteiger partial charge in [-0.1, -0.05) is 18.6 Å². The molecule has 2 aromatic heterocycles. The smallest absolute Gasteiger partial charge is 0.255 e. The van der Waals surface area contributed by atoms with Crippen LogP contribution in [0.1, 0.15) is 60.6 Å². The molecule has 9 nitrogen and oxygen atoms in total. The molecule has 0 saturated heterocycles. The van der Waals surface area contributed by atoms with Crippen LogP contribution in [-0.2, 0) is 9.53 Å². The van der Waals surface area contributed by atoms with Crippen LogP contribution in [0.25, 0.3) is 22.3 Å². The van der Waals surface area contributed by atoms with Gasteiger partial charge in [0.1, 0.15) is 29.9 Å². The van der Waals surface area contributed by atoms with Gasteiger partial charge in [0.05, 0.1) is 17.7 Å². The molecule has 2 amide bonds. The highest BCUT2D eigenvalue weighted by Crippen LogP contribution is 2.37. The highest BCUT2D eigenvalue weighted by Gasteiger charge is 2.31. The Balaban J connectivity index is 1.35. The van der Waals surface area contributed by atoms with Crippen molar-refractivity contribution < 1.29 is 19.1 Å². The van der Waals surface area contributed by atoms with Crippen molar-refractivity contribution in [1.29, 1.82) is 0 Å². The quantitative estimate of drug-likeness (QED) is 0.392. The Morgan fingerprint density at radius 1 is 1.11 bits per heavy atom. The third kappa shape index (κ3) is 5.67. The van der Waals surface area contributed by atoms with Crippen molar-refractivity contribution >= 4 is 22.8 Å². The molecule has 2 saturated carbocycles. The number of H-pyrrole nitrogens is 1. The van der Waals surface area contributed by atoms with E-state index in [-0.39, 0.29) is 36.4 Å². The Labute approximate surface area is 223 Å². The summed E-state index contributed by atoms with van der Waals surface area (Å²) in [5.74, 6) is 1.42. The molecular formula is C29H37N5O4. The molecule has 5 rings (SSSR count). The van der Waals surface area contributed by atoms with Gasteiger partial charge in [0.15, 0.2) is 0 Å². The Kier molecular flexibility index (Phi) is 7.65. The number of methoxy groups -OCH3 is 1. The van der Waals surface area contributed by atoms with Gasteiger partial charge in [0.2, 0.25) is 5.91 Å². The van der Waals surface area contributed by atoms with Crippen LogP contribution in [0.15, 0.2) is 24.5 Å². The Morgan fingerprint density at radius 2 is 1.92 bits per heavy atom. The van der Waals surface area contributed by atoms with Crippen LogP contribution >= 0.6 is 0 Å². The molecule has 38 heavy (non-hydrogen) atoms. The minimum Gasteiger partial charge on any atom is -0.493 e. The second-order valence-electron chi connectivity index (χ2n) is 10.9. The van der Waals surface area contributed by atoms with Crippen molar-refractivity contribution in [2.45, 2.75) is 65.0 Å². The first-order valence-electron chi connectivity index (χ1n) is 13.5. The summed E-state index contributed by atoms with van der Waals surface area (Å²) < 4.78 is 11.1. The molecule has 2 heterocycles. The Hall–Kier alpha value is -3.46. The molecule has 0 radical (unpaired) electrons. The van der Waals surface area contributed by atoms with E-state index in [1.54, 1.807) is 0 Å². The summed E-state index contributed by atoms with van der Waals surface area (Å²) in [6.45, 7) is 6.82. The number of rotatable bonds is 9. The van der Waals surface area contributed by atoms with E-state index in [0.717, 1.165) is 53.0 Å². The van der Waals surface area contributed by atoms with Crippen molar-refractivity contribution in [3.05, 3.63) is 41.3 Å². The minimum absolute atomic E-state index is 0.0259. The number of hydrogen-bond acceptors (Lipinski definition) is 6. The SMILES string of the molecule is COCC(=O)N[C@H]1CC[C@H](NC(=O)c2c(C)[nH]c3c(-c4cc(C)ccc4OCC4CC4)ncnc23)C[C@H]1C. The van der Waals surface area contributed by atoms with E-state index < -0.39 is 0 Å². The number of benzene rings is 1. The Bertz CT molecular complexity index is 1330. The second-order valence-corrected chi connectivity index (χ2v) is 10.9. The molecule has 0 spiro atoms. The predicted octanol–water partition coefficient (Wildman–Crippen LogP) is 4.08. The molecule has 0 unspecified atom stereocenters. The third-order valence-corrected chi connectivity index (χ3v) is 7.69. The first-order valence-corrected chi connectivity index (χ1v) is 13.5. The van der Waals surface area contributed by atoms with E-state index in [4.69, 9.17) is 9.47 Å². The molecule has 1 aromatic carbocycles. The summed E-state index contributed by atoms with van der Waals surface area (Å²) in [5, 5.41) is 6.27. The van der Waals surface area contributed by atoms with E-state index in [1.807, 2.05) is 26.0 Å². The number of nitrogens with zero attached hydrogens (tertiary/aromatic N) is 2. The van der Waals surface area contributed by atoms with Crippen LogP contribution in [0.3, 0.4) is 0 Å². The molecule has 3 atom stereocenters. The number of carbonyl (C=O) groups is 2. The molecule has 3 N–H and O–H groups in total. The van der Waals surface area contributed by atoms with Crippen molar-refractivity contribution in [3.8, 4) is 17.0 Å². The van der Waals surface area contributed by atoms with Crippen LogP contribution < -0.4 is 15.4 Å². The number of fused-ring (bicyclic) bond motifs is 1. The van der Waals surface area contributed by atoms with Gasteiger partial charge in [-0.15, -0.1) is 0 Å². The molecule has 2 aliphatic rings. The lowest BCUT2D eigenvalue weighted by Gasteiger charge is -2.35. The molecule has 2 aliphatic carbocycles. The number of nitrogens with one attached hydrogen (secondary N) is 3. The first-order chi connectivity index (χ1) is 18.3. The lowest BCUT2D eigenvalue weighted by Crippen LogP contribution is -2.48. The molecule has 0 aliphatic heterocycles. The zero-order valence-corrected chi connectivity index (χ0v) is 22.6. The van der Waals surface area contributed by atoms with Crippen molar-refractivity contribution in [2.24, 2.45) is 11.8 Å². The topological polar surface area (TPSA) is 118 Å². The van der Waals surface area contributed by atoms with Gasteiger partial charge in [-0.2, -0.15) is 0 Å². The Morgan fingerprint density at radius 3 is 2.66 bits per heavy atom. The highest BCUT2D eigenvalue weighted by atomic mass is 16.5. The maximum Gasteiger partial charge on any atom is 0.255 e. The standard InChI is InChI=1S/C29H37N5O4/c1-16-5-10-23(38-13-19-6-7-19)21(11-16)26-28-27(31-15-30-26)25(18(3)32-28)29(36)33-20-8-9-22(17(2)12-20)34-24(35)14-37-4/h5,10-11,15,17,19-20,22,32H,6-9,12-14H2,1-4H3,(H,33,36)(H,34,35)/t17-,20+,22+/m1/s1. The number of ether oxygens (including phenoxy) is 2. The van der Waals surface area contributed by atoms with Crippen molar-refractivity contribution in [1.82, 2.24) is 25.6 Å². The number of aryl methyl sites for hydroxylation is 2. The monoisotopic (exact) mass is 519 g/mol. The largest absolute Gasteiger partial charge is 0.493 e. The molecule has 3 aromatic rings. The number of aromatic nitrogens is 3. The number of hydrogen-bond donors (Lipinski definition) is 3. The van der Waals surface area contributed by atoms with E-state index in [1.165, 1.54) is 26.3 Å². The van der Waals surface area contributed by atoms with E-state index in [9.17, 15) is 9.59 Å². The van der Waals surface area contributed by atoms with Crippen LogP contribution in [0.5, 0.6) is 5.75 Å². The number of carbonyl (C=O) groups excluding carboxylic acids is 2. The van der Waals surface area contributed by atoms with Gasteiger partial charge in [-0.25, -0.2) is 9.97 Å². The molecule has 0 bridgehead atoms. The third-order valence-electron chi connectivity index (χ3n) is 7.69. The first kappa shape index (κ1) is 26.2. The van der Waals surface area contributed by atoms with Gasteiger partial charge in [0, 0.05) is 30.5 Å². The molecule has 202 valence electrons. The van der Waals surface area contributed by atoms with E-state index in [0.29, 0.717) is 23.6 Å². The van der Waals surface area contributed by atoms with Crippen LogP contribution in [-0.4, -0.2) is 59.2 Å². The second kappa shape index (κ2) is 11.1. The summed E-state index contributed by atoms with van der Waals surface area (Å²) in [6.07, 6.45) is 6.34. The summed E-state index contributed by atoms with van der Waals surface area (Å²) in [5.41, 5.74) is 5.36. The number of amides is 2. The van der Waals surface area contributed by atoms with E-state index in [2.05, 4.69) is 38.6 Å². The molecular weight excluding hydrogens is 482 g/mol. The van der Waals surface area contributed by atoms with Gasteiger partial charge in [-0.05, 0) is 69.9 Å². The molecule has 2 fully saturated rings. The van der Waals surface area contributed by atoms with Crippen molar-refractivity contribution in [2.75, 3.05) is 20.3 Å². The van der Waals surface area contributed by atoms with Gasteiger partial charge < -0.3 is 25.1 Å². The average Bonchev–Trinajstić information content (AvgIpc) is 3.64. The maximum absolute atomic E-state index is 13.5. The van der Waals surface area contributed by atoms with Crippen molar-refractivity contribution in [3.63, 3.8) is 0 Å². The fraction of sp³-hybridized carbons (Fsp3) is 0.517. The van der Waals surface area contributed by atoms with Crippen LogP contribution in [0, 0.1) is 25.7 Å². The predicted molar refractivity (Wildman–Crippen MR) is 145 cm³/mol. The summed E-state index contributed by atoms with van der Waals surface area (Å²) in [6, 6.07) is 6.23. The summed E-state index contributed by atoms with van der Waals surface area (Å²) in [4.78, 5) is 38.0. The summed E-state index contributed by atoms with van der Waals surface area (Å²) >= 11 is 0. The fourth-order valence-corrected chi connectivity index (χ4v) is 5.43. The van der Waals surface area contributed by atoms with Crippen LogP contribution in [0.2, 0.25) is 0 Å². The normalized spacial score (nSPS) is 21.3. The highest BCUT2D eigenvalue weighted by molar-refractivity contribution is 6.09. The number of aromatic amines is 1. The average molecular weight is 520 g/mol. The lowest BCUT2D eigenvalue weighted by molar-refractivity contribution is -0.126. The maximum atomic E-state index is 13.5. The lowest BCUT2D eigenvalue weighted by atomic mass is 9.82. The zero-order valence-electron chi connectivity index (χ0n) is 22.6. The summed E-state index contributed by atoms with van der Waals surface area (Å²) in [7, 11) is 1.51. The van der Waals surface area contributed by atoms with E-state index >= 15 is 0 Å². The van der Waals surface area contributed by atoms with Gasteiger partial charge in [-0.3, -0.25) is 9.59 Å². The molecule has 9 heteroatoms. The zero-order chi connectivity index (χ0) is 26.8. The fourth-order valence-electron chi connectivity index (χ4n) is 5.43. The van der Waals surface area contributed by atoms with Gasteiger partial charge in [0.25, 0.3) is 5.91 Å².